The molecule has 0 unspecified atom stereocenters. The van der Waals surface area contributed by atoms with Gasteiger partial charge in [-0.2, -0.15) is 15.8 Å². The van der Waals surface area contributed by atoms with Crippen molar-refractivity contribution in [1.82, 2.24) is 0 Å². The third-order valence-corrected chi connectivity index (χ3v) is 2.19. The Kier molecular flexibility index (Phi) is 4.90. The van der Waals surface area contributed by atoms with Gasteiger partial charge in [-0.05, 0) is 25.1 Å². The second kappa shape index (κ2) is 6.64. The number of nitriles is 3. The van der Waals surface area contributed by atoms with Gasteiger partial charge in [0.15, 0.2) is 5.57 Å². The maximum Gasteiger partial charge on any atom is 0.163 e. The van der Waals surface area contributed by atoms with Crippen molar-refractivity contribution < 1.29 is 4.39 Å². The van der Waals surface area contributed by atoms with E-state index >= 15 is 0 Å². The molecular formula is C13H10FN5. The topological polar surface area (TPSA) is 95.4 Å². The van der Waals surface area contributed by atoms with Crippen molar-refractivity contribution >= 4 is 11.4 Å². The Morgan fingerprint density at radius 2 is 1.84 bits per heavy atom. The zero-order chi connectivity index (χ0) is 14.3. The molecule has 2 N–H and O–H groups in total. The van der Waals surface area contributed by atoms with Crippen molar-refractivity contribution in [3.05, 3.63) is 35.3 Å². The highest BCUT2D eigenvalue weighted by Crippen LogP contribution is 2.24. The lowest BCUT2D eigenvalue weighted by Crippen LogP contribution is -2.06. The smallest absolute Gasteiger partial charge is 0.163 e. The summed E-state index contributed by atoms with van der Waals surface area (Å²) in [5, 5.41) is 31.9. The van der Waals surface area contributed by atoms with Gasteiger partial charge in [0.25, 0.3) is 0 Å². The summed E-state index contributed by atoms with van der Waals surface area (Å²) in [6, 6.07) is 8.89. The van der Waals surface area contributed by atoms with Crippen LogP contribution in [0.5, 0.6) is 0 Å². The lowest BCUT2D eigenvalue weighted by molar-refractivity contribution is 0.628. The Bertz CT molecular complexity index is 612. The van der Waals surface area contributed by atoms with Crippen LogP contribution in [0.3, 0.4) is 0 Å². The van der Waals surface area contributed by atoms with Crippen molar-refractivity contribution in [2.24, 2.45) is 0 Å². The van der Waals surface area contributed by atoms with Crippen LogP contribution in [0.4, 0.5) is 15.8 Å². The van der Waals surface area contributed by atoms with E-state index in [0.717, 1.165) is 0 Å². The molecule has 0 fully saturated rings. The van der Waals surface area contributed by atoms with Gasteiger partial charge in [0.2, 0.25) is 0 Å². The van der Waals surface area contributed by atoms with Crippen molar-refractivity contribution in [1.29, 1.82) is 15.8 Å². The zero-order valence-electron chi connectivity index (χ0n) is 10.2. The first-order chi connectivity index (χ1) is 9.15. The summed E-state index contributed by atoms with van der Waals surface area (Å²) in [5.41, 5.74) is 0.303. The van der Waals surface area contributed by atoms with E-state index in [4.69, 9.17) is 15.8 Å². The van der Waals surface area contributed by atoms with E-state index in [1.54, 1.807) is 18.2 Å². The van der Waals surface area contributed by atoms with Gasteiger partial charge in [-0.1, -0.05) is 0 Å². The van der Waals surface area contributed by atoms with Gasteiger partial charge in [-0.25, -0.2) is 4.39 Å². The minimum Gasteiger partial charge on any atom is -0.384 e. The maximum absolute atomic E-state index is 13.2. The molecule has 0 saturated carbocycles. The molecule has 1 aromatic carbocycles. The normalized spacial score (nSPS) is 8.58. The molecule has 0 bridgehead atoms. The van der Waals surface area contributed by atoms with Gasteiger partial charge >= 0.3 is 0 Å². The third-order valence-electron chi connectivity index (χ3n) is 2.19. The molecule has 94 valence electrons. The van der Waals surface area contributed by atoms with Gasteiger partial charge in [0, 0.05) is 6.54 Å². The van der Waals surface area contributed by atoms with Crippen LogP contribution in [0.1, 0.15) is 6.92 Å². The Morgan fingerprint density at radius 3 is 2.37 bits per heavy atom. The molecule has 1 aromatic rings. The van der Waals surface area contributed by atoms with Crippen LogP contribution in [0.15, 0.2) is 29.5 Å². The van der Waals surface area contributed by atoms with Crippen LogP contribution in [0.25, 0.3) is 0 Å². The minimum absolute atomic E-state index is 0.213. The summed E-state index contributed by atoms with van der Waals surface area (Å²) in [6.07, 6.45) is 0. The highest BCUT2D eigenvalue weighted by molar-refractivity contribution is 5.72. The molecule has 0 atom stereocenters. The number of hydrogen-bond acceptors (Lipinski definition) is 5. The third kappa shape index (κ3) is 3.46. The van der Waals surface area contributed by atoms with E-state index < -0.39 is 5.82 Å². The molecule has 0 spiro atoms. The summed E-state index contributed by atoms with van der Waals surface area (Å²) in [4.78, 5) is 0. The molecule has 0 aliphatic carbocycles. The summed E-state index contributed by atoms with van der Waals surface area (Å²) in [5.74, 6) is -0.489. The molecule has 19 heavy (non-hydrogen) atoms. The lowest BCUT2D eigenvalue weighted by Gasteiger charge is -2.12. The van der Waals surface area contributed by atoms with E-state index in [0.29, 0.717) is 17.9 Å². The molecule has 0 aliphatic rings. The van der Waals surface area contributed by atoms with E-state index in [-0.39, 0.29) is 11.3 Å². The van der Waals surface area contributed by atoms with E-state index in [9.17, 15) is 4.39 Å². The van der Waals surface area contributed by atoms with Gasteiger partial charge in [-0.15, -0.1) is 0 Å². The first-order valence-electron chi connectivity index (χ1n) is 5.41. The molecule has 0 aromatic heterocycles. The summed E-state index contributed by atoms with van der Waals surface area (Å²) in [6.45, 7) is 2.47. The van der Waals surface area contributed by atoms with Gasteiger partial charge in [0.05, 0.1) is 11.4 Å². The van der Waals surface area contributed by atoms with Crippen LogP contribution >= 0.6 is 0 Å². The highest BCUT2D eigenvalue weighted by Gasteiger charge is 2.09. The maximum atomic E-state index is 13.2. The van der Waals surface area contributed by atoms with Gasteiger partial charge in [0.1, 0.15) is 29.7 Å². The second-order valence-electron chi connectivity index (χ2n) is 3.43. The van der Waals surface area contributed by atoms with Gasteiger partial charge < -0.3 is 10.6 Å². The Labute approximate surface area is 110 Å². The number of rotatable bonds is 4. The molecule has 5 nitrogen and oxygen atoms in total. The Morgan fingerprint density at radius 1 is 1.16 bits per heavy atom. The summed E-state index contributed by atoms with van der Waals surface area (Å²) < 4.78 is 13.2. The largest absolute Gasteiger partial charge is 0.384 e. The summed E-state index contributed by atoms with van der Waals surface area (Å²) in [7, 11) is 0. The van der Waals surface area contributed by atoms with E-state index in [2.05, 4.69) is 10.6 Å². The fourth-order valence-electron chi connectivity index (χ4n) is 1.38. The Balaban J connectivity index is 3.22. The molecule has 0 saturated heterocycles. The van der Waals surface area contributed by atoms with Crippen LogP contribution < -0.4 is 10.6 Å². The SMILES string of the molecule is CCNc1ccc(F)cc1NC(C#N)=C(C#N)C#N. The van der Waals surface area contributed by atoms with Crippen molar-refractivity contribution in [3.63, 3.8) is 0 Å². The quantitative estimate of drug-likeness (QED) is 0.806. The number of allylic oxidation sites excluding steroid dienone is 2. The molecule has 0 amide bonds. The predicted molar refractivity (Wildman–Crippen MR) is 68.1 cm³/mol. The van der Waals surface area contributed by atoms with Crippen molar-refractivity contribution in [2.45, 2.75) is 6.92 Å². The molecule has 0 heterocycles. The fraction of sp³-hybridized carbons (Fsp3) is 0.154. The van der Waals surface area contributed by atoms with Crippen molar-refractivity contribution in [3.8, 4) is 18.2 Å². The van der Waals surface area contributed by atoms with Crippen LogP contribution in [-0.2, 0) is 0 Å². The minimum atomic E-state index is -0.489. The number of hydrogen-bond donors (Lipinski definition) is 2. The first kappa shape index (κ1) is 14.0. The predicted octanol–water partition coefficient (Wildman–Crippen LogP) is 2.49. The molecule has 6 heteroatoms. The number of halogens is 1. The second-order valence-corrected chi connectivity index (χ2v) is 3.43. The van der Waals surface area contributed by atoms with Crippen LogP contribution in [0.2, 0.25) is 0 Å². The monoisotopic (exact) mass is 255 g/mol. The highest BCUT2D eigenvalue weighted by atomic mass is 19.1. The average Bonchev–Trinajstić information content (AvgIpc) is 2.42. The van der Waals surface area contributed by atoms with Crippen LogP contribution in [-0.4, -0.2) is 6.54 Å². The molecule has 0 radical (unpaired) electrons. The fourth-order valence-corrected chi connectivity index (χ4v) is 1.38. The molecule has 0 aliphatic heterocycles. The number of nitrogens with one attached hydrogen (secondary N) is 2. The van der Waals surface area contributed by atoms with E-state index in [1.807, 2.05) is 6.92 Å². The Hall–Kier alpha value is -3.04. The van der Waals surface area contributed by atoms with Crippen molar-refractivity contribution in [2.75, 3.05) is 17.2 Å². The molecule has 1 rings (SSSR count). The molecular weight excluding hydrogens is 245 g/mol. The first-order valence-corrected chi connectivity index (χ1v) is 5.41. The zero-order valence-corrected chi connectivity index (χ0v) is 10.2. The average molecular weight is 255 g/mol. The van der Waals surface area contributed by atoms with E-state index in [1.165, 1.54) is 18.2 Å². The number of nitrogens with zero attached hydrogens (tertiary/aromatic N) is 3. The lowest BCUT2D eigenvalue weighted by atomic mass is 10.2. The standard InChI is InChI=1S/C13H10FN5/c1-2-18-11-4-3-10(14)5-12(11)19-13(8-17)9(6-15)7-16/h3-5,18-19H,2H2,1H3. The summed E-state index contributed by atoms with van der Waals surface area (Å²) >= 11 is 0. The van der Waals surface area contributed by atoms with Gasteiger partial charge in [-0.3, -0.25) is 0 Å². The number of anilines is 2. The number of benzene rings is 1. The van der Waals surface area contributed by atoms with Crippen LogP contribution in [0, 0.1) is 39.8 Å².